The van der Waals surface area contributed by atoms with E-state index in [1.807, 2.05) is 25.3 Å². The lowest BCUT2D eigenvalue weighted by atomic mass is 10.00. The van der Waals surface area contributed by atoms with Crippen molar-refractivity contribution in [1.29, 1.82) is 0 Å². The lowest BCUT2D eigenvalue weighted by Gasteiger charge is -2.16. The third-order valence-corrected chi connectivity index (χ3v) is 4.43. The SMILES string of the molecule is C=Cc1c(NC)cc(Sc2ccccc2)c(C)c1C=C. The van der Waals surface area contributed by atoms with E-state index in [-0.39, 0.29) is 0 Å². The number of benzene rings is 2. The monoisotopic (exact) mass is 281 g/mol. The Morgan fingerprint density at radius 2 is 1.70 bits per heavy atom. The molecule has 0 aliphatic heterocycles. The molecule has 0 amide bonds. The summed E-state index contributed by atoms with van der Waals surface area (Å²) in [5, 5.41) is 3.24. The number of anilines is 1. The molecule has 2 rings (SSSR count). The van der Waals surface area contributed by atoms with Gasteiger partial charge in [-0.2, -0.15) is 0 Å². The van der Waals surface area contributed by atoms with Gasteiger partial charge in [-0.15, -0.1) is 0 Å². The van der Waals surface area contributed by atoms with Gasteiger partial charge in [0.15, 0.2) is 0 Å². The fourth-order valence-corrected chi connectivity index (χ4v) is 3.20. The van der Waals surface area contributed by atoms with E-state index in [0.717, 1.165) is 16.8 Å². The van der Waals surface area contributed by atoms with Gasteiger partial charge in [0.1, 0.15) is 0 Å². The minimum Gasteiger partial charge on any atom is -0.388 e. The summed E-state index contributed by atoms with van der Waals surface area (Å²) in [4.78, 5) is 2.47. The van der Waals surface area contributed by atoms with Gasteiger partial charge in [-0.25, -0.2) is 0 Å². The van der Waals surface area contributed by atoms with E-state index in [1.165, 1.54) is 15.4 Å². The van der Waals surface area contributed by atoms with E-state index in [9.17, 15) is 0 Å². The van der Waals surface area contributed by atoms with Crippen LogP contribution in [0, 0.1) is 6.92 Å². The molecule has 0 heterocycles. The highest BCUT2D eigenvalue weighted by Gasteiger charge is 2.11. The zero-order chi connectivity index (χ0) is 14.5. The first-order chi connectivity index (χ1) is 9.71. The van der Waals surface area contributed by atoms with E-state index in [0.29, 0.717) is 0 Å². The van der Waals surface area contributed by atoms with Crippen molar-refractivity contribution >= 4 is 29.6 Å². The quantitative estimate of drug-likeness (QED) is 0.779. The van der Waals surface area contributed by atoms with Crippen molar-refractivity contribution in [2.75, 3.05) is 12.4 Å². The summed E-state index contributed by atoms with van der Waals surface area (Å²) in [6.45, 7) is 9.98. The molecular weight excluding hydrogens is 262 g/mol. The van der Waals surface area contributed by atoms with Gasteiger partial charge < -0.3 is 5.32 Å². The molecule has 0 aliphatic carbocycles. The fourth-order valence-electron chi connectivity index (χ4n) is 2.21. The first-order valence-electron chi connectivity index (χ1n) is 6.54. The Bertz CT molecular complexity index is 630. The van der Waals surface area contributed by atoms with Crippen molar-refractivity contribution in [2.45, 2.75) is 16.7 Å². The van der Waals surface area contributed by atoms with Crippen LogP contribution in [0.1, 0.15) is 16.7 Å². The third kappa shape index (κ3) is 2.81. The number of nitrogens with one attached hydrogen (secondary N) is 1. The van der Waals surface area contributed by atoms with Crippen LogP contribution in [0.25, 0.3) is 12.2 Å². The maximum atomic E-state index is 3.94. The Labute approximate surface area is 125 Å². The summed E-state index contributed by atoms with van der Waals surface area (Å²) >= 11 is 1.77. The Hall–Kier alpha value is -1.93. The van der Waals surface area contributed by atoms with Crippen LogP contribution in [0.15, 0.2) is 59.3 Å². The summed E-state index contributed by atoms with van der Waals surface area (Å²) in [5.74, 6) is 0. The summed E-state index contributed by atoms with van der Waals surface area (Å²) in [5.41, 5.74) is 4.57. The molecular formula is C18H19NS. The molecule has 0 aliphatic rings. The van der Waals surface area contributed by atoms with E-state index in [1.54, 1.807) is 11.8 Å². The highest BCUT2D eigenvalue weighted by molar-refractivity contribution is 7.99. The highest BCUT2D eigenvalue weighted by Crippen LogP contribution is 2.37. The first kappa shape index (κ1) is 14.5. The zero-order valence-corrected chi connectivity index (χ0v) is 12.8. The maximum absolute atomic E-state index is 3.94. The summed E-state index contributed by atoms with van der Waals surface area (Å²) in [6.07, 6.45) is 3.79. The van der Waals surface area contributed by atoms with Crippen LogP contribution < -0.4 is 5.32 Å². The molecule has 0 radical (unpaired) electrons. The van der Waals surface area contributed by atoms with Crippen molar-refractivity contribution in [2.24, 2.45) is 0 Å². The number of hydrogen-bond acceptors (Lipinski definition) is 2. The standard InChI is InChI=1S/C18H19NS/c1-5-15-13(3)18(12-17(19-4)16(15)6-2)20-14-10-8-7-9-11-14/h5-12,19H,1-2H2,3-4H3. The molecule has 2 aromatic carbocycles. The molecule has 0 spiro atoms. The normalized spacial score (nSPS) is 10.1. The van der Waals surface area contributed by atoms with Gasteiger partial charge >= 0.3 is 0 Å². The second kappa shape index (κ2) is 6.49. The van der Waals surface area contributed by atoms with Gasteiger partial charge in [-0.1, -0.05) is 55.3 Å². The van der Waals surface area contributed by atoms with Crippen LogP contribution in [-0.4, -0.2) is 7.05 Å². The number of hydrogen-bond donors (Lipinski definition) is 1. The minimum absolute atomic E-state index is 1.08. The molecule has 0 bridgehead atoms. The molecule has 1 nitrogen and oxygen atoms in total. The average Bonchev–Trinajstić information content (AvgIpc) is 2.49. The fraction of sp³-hybridized carbons (Fsp3) is 0.111. The Morgan fingerprint density at radius 3 is 2.25 bits per heavy atom. The Morgan fingerprint density at radius 1 is 1.05 bits per heavy atom. The van der Waals surface area contributed by atoms with E-state index in [2.05, 4.69) is 55.7 Å². The second-order valence-electron chi connectivity index (χ2n) is 4.45. The molecule has 1 N–H and O–H groups in total. The van der Waals surface area contributed by atoms with Crippen molar-refractivity contribution in [3.63, 3.8) is 0 Å². The van der Waals surface area contributed by atoms with E-state index in [4.69, 9.17) is 0 Å². The first-order valence-corrected chi connectivity index (χ1v) is 7.36. The molecule has 2 heteroatoms. The lowest BCUT2D eigenvalue weighted by Crippen LogP contribution is -1.98. The number of rotatable bonds is 5. The largest absolute Gasteiger partial charge is 0.388 e. The smallest absolute Gasteiger partial charge is 0.0428 e. The van der Waals surface area contributed by atoms with Gasteiger partial charge in [0.05, 0.1) is 0 Å². The molecule has 20 heavy (non-hydrogen) atoms. The predicted molar refractivity (Wildman–Crippen MR) is 91.5 cm³/mol. The molecule has 0 saturated heterocycles. The third-order valence-electron chi connectivity index (χ3n) is 3.28. The van der Waals surface area contributed by atoms with Crippen molar-refractivity contribution in [1.82, 2.24) is 0 Å². The van der Waals surface area contributed by atoms with Crippen molar-refractivity contribution < 1.29 is 0 Å². The van der Waals surface area contributed by atoms with Crippen LogP contribution in [0.3, 0.4) is 0 Å². The Kier molecular flexibility index (Phi) is 4.70. The van der Waals surface area contributed by atoms with E-state index >= 15 is 0 Å². The van der Waals surface area contributed by atoms with Crippen LogP contribution in [0.5, 0.6) is 0 Å². The topological polar surface area (TPSA) is 12.0 Å². The molecule has 102 valence electrons. The summed E-state index contributed by atoms with van der Waals surface area (Å²) < 4.78 is 0. The Balaban J connectivity index is 2.54. The molecule has 0 fully saturated rings. The van der Waals surface area contributed by atoms with Gasteiger partial charge in [0.2, 0.25) is 0 Å². The van der Waals surface area contributed by atoms with Crippen LogP contribution in [0.4, 0.5) is 5.69 Å². The molecule has 0 saturated carbocycles. The predicted octanol–water partition coefficient (Wildman–Crippen LogP) is 5.47. The second-order valence-corrected chi connectivity index (χ2v) is 5.56. The van der Waals surface area contributed by atoms with Crippen molar-refractivity contribution in [3.05, 3.63) is 66.2 Å². The van der Waals surface area contributed by atoms with Gasteiger partial charge in [-0.05, 0) is 36.2 Å². The maximum Gasteiger partial charge on any atom is 0.0428 e. The average molecular weight is 281 g/mol. The molecule has 0 unspecified atom stereocenters. The molecule has 0 aromatic heterocycles. The highest BCUT2D eigenvalue weighted by atomic mass is 32.2. The van der Waals surface area contributed by atoms with Crippen LogP contribution >= 0.6 is 11.8 Å². The molecule has 2 aromatic rings. The minimum atomic E-state index is 1.08. The lowest BCUT2D eigenvalue weighted by molar-refractivity contribution is 1.26. The zero-order valence-electron chi connectivity index (χ0n) is 11.9. The van der Waals surface area contributed by atoms with Gasteiger partial charge in [-0.3, -0.25) is 0 Å². The van der Waals surface area contributed by atoms with Crippen LogP contribution in [-0.2, 0) is 0 Å². The summed E-state index contributed by atoms with van der Waals surface area (Å²) in [6, 6.07) is 12.6. The van der Waals surface area contributed by atoms with Crippen LogP contribution in [0.2, 0.25) is 0 Å². The summed E-state index contributed by atoms with van der Waals surface area (Å²) in [7, 11) is 1.93. The van der Waals surface area contributed by atoms with E-state index < -0.39 is 0 Å². The van der Waals surface area contributed by atoms with Crippen molar-refractivity contribution in [3.8, 4) is 0 Å². The van der Waals surface area contributed by atoms with Gasteiger partial charge in [0, 0.05) is 28.1 Å². The molecule has 0 atom stereocenters. The van der Waals surface area contributed by atoms with Gasteiger partial charge in [0.25, 0.3) is 0 Å².